The van der Waals surface area contributed by atoms with Crippen molar-refractivity contribution in [3.63, 3.8) is 0 Å². The maximum Gasteiger partial charge on any atom is 0.398 e. The van der Waals surface area contributed by atoms with Crippen molar-refractivity contribution in [2.75, 3.05) is 19.7 Å². The quantitative estimate of drug-likeness (QED) is 0.294. The van der Waals surface area contributed by atoms with Gasteiger partial charge in [0.05, 0.1) is 6.54 Å². The molecule has 16 heavy (non-hydrogen) atoms. The number of halogens is 1. The van der Waals surface area contributed by atoms with Crippen LogP contribution in [0.4, 0.5) is 4.39 Å². The van der Waals surface area contributed by atoms with Gasteiger partial charge >= 0.3 is 11.9 Å². The summed E-state index contributed by atoms with van der Waals surface area (Å²) in [4.78, 5) is 23.6. The first-order valence-corrected chi connectivity index (χ1v) is 4.26. The number of rotatable bonds is 4. The molecule has 0 bridgehead atoms. The van der Waals surface area contributed by atoms with Crippen LogP contribution in [0.25, 0.3) is 0 Å². The monoisotopic (exact) mass is 223 g/mol. The molecule has 0 rings (SSSR count). The number of hydrogen-bond acceptors (Lipinski definition) is 3. The summed E-state index contributed by atoms with van der Waals surface area (Å²) in [6.07, 6.45) is 7.48. The van der Waals surface area contributed by atoms with Gasteiger partial charge in [-0.25, -0.2) is 4.79 Å². The van der Waals surface area contributed by atoms with Crippen molar-refractivity contribution in [1.29, 1.82) is 0 Å². The third kappa shape index (κ3) is 4.83. The Morgan fingerprint density at radius 3 is 2.75 bits per heavy atom. The van der Waals surface area contributed by atoms with Crippen LogP contribution in [-0.2, 0) is 14.3 Å². The number of amides is 1. The molecule has 0 aromatic heterocycles. The van der Waals surface area contributed by atoms with E-state index in [-0.39, 0.29) is 13.1 Å². The van der Waals surface area contributed by atoms with Gasteiger partial charge in [0, 0.05) is 6.54 Å². The highest BCUT2D eigenvalue weighted by Gasteiger charge is 2.21. The van der Waals surface area contributed by atoms with E-state index in [9.17, 15) is 14.0 Å². The lowest BCUT2D eigenvalue weighted by Gasteiger charge is -2.16. The molecule has 0 fully saturated rings. The van der Waals surface area contributed by atoms with Gasteiger partial charge in [0.2, 0.25) is 0 Å². The molecule has 0 aliphatic rings. The number of terminal acetylenes is 1. The summed E-state index contributed by atoms with van der Waals surface area (Å²) in [6.45, 7) is 3.04. The highest BCUT2D eigenvalue weighted by molar-refractivity contribution is 6.32. The molecule has 0 aliphatic carbocycles. The second-order valence-corrected chi connectivity index (χ2v) is 2.53. The van der Waals surface area contributed by atoms with E-state index in [1.54, 1.807) is 0 Å². The first-order chi connectivity index (χ1) is 7.67. The summed E-state index contributed by atoms with van der Waals surface area (Å²) >= 11 is 0. The third-order valence-electron chi connectivity index (χ3n) is 1.44. The summed E-state index contributed by atoms with van der Waals surface area (Å²) in [7, 11) is 0. The van der Waals surface area contributed by atoms with Crippen molar-refractivity contribution in [1.82, 2.24) is 4.90 Å². The van der Waals surface area contributed by atoms with Gasteiger partial charge in [-0.05, 0) is 5.92 Å². The number of nitrogens with zero attached hydrogens (tertiary/aromatic N) is 1. The van der Waals surface area contributed by atoms with Crippen LogP contribution in [0.3, 0.4) is 0 Å². The molecule has 0 aromatic carbocycles. The van der Waals surface area contributed by atoms with E-state index < -0.39 is 18.5 Å². The van der Waals surface area contributed by atoms with Gasteiger partial charge in [-0.1, -0.05) is 12.0 Å². The summed E-state index contributed by atoms with van der Waals surface area (Å²) < 4.78 is 15.7. The van der Waals surface area contributed by atoms with Crippen molar-refractivity contribution in [2.24, 2.45) is 0 Å². The maximum atomic E-state index is 11.4. The van der Waals surface area contributed by atoms with Crippen LogP contribution in [-0.4, -0.2) is 36.5 Å². The van der Waals surface area contributed by atoms with Crippen LogP contribution >= 0.6 is 0 Å². The largest absolute Gasteiger partial charge is 0.445 e. The zero-order valence-corrected chi connectivity index (χ0v) is 8.53. The Balaban J connectivity index is 4.35. The van der Waals surface area contributed by atoms with Crippen molar-refractivity contribution in [2.45, 2.75) is 0 Å². The summed E-state index contributed by atoms with van der Waals surface area (Å²) in [5, 5.41) is 0. The van der Waals surface area contributed by atoms with Crippen LogP contribution in [0.1, 0.15) is 0 Å². The maximum absolute atomic E-state index is 11.4. The second kappa shape index (κ2) is 8.07. The summed E-state index contributed by atoms with van der Waals surface area (Å²) in [5.74, 6) is 2.03. The molecular formula is C11H10FNO3. The number of hydrogen-bond donors (Lipinski definition) is 0. The average molecular weight is 223 g/mol. The topological polar surface area (TPSA) is 46.6 Å². The second-order valence-electron chi connectivity index (χ2n) is 2.53. The molecule has 0 aliphatic heterocycles. The standard InChI is InChI=1S/C11H10FNO3/c1-3-7-13(8-4-2)10(14)11(15)16-9-5-6-12/h1,4H,2,7-9H2. The van der Waals surface area contributed by atoms with E-state index in [1.807, 2.05) is 5.92 Å². The molecule has 0 saturated carbocycles. The molecule has 0 atom stereocenters. The van der Waals surface area contributed by atoms with E-state index in [1.165, 1.54) is 6.08 Å². The van der Waals surface area contributed by atoms with Crippen molar-refractivity contribution >= 4 is 11.9 Å². The number of carbonyl (C=O) groups is 2. The fourth-order valence-electron chi connectivity index (χ4n) is 0.805. The highest BCUT2D eigenvalue weighted by Crippen LogP contribution is 1.92. The molecule has 0 spiro atoms. The molecule has 0 radical (unpaired) electrons. The summed E-state index contributed by atoms with van der Waals surface area (Å²) in [5.41, 5.74) is 0. The zero-order chi connectivity index (χ0) is 12.4. The van der Waals surface area contributed by atoms with Gasteiger partial charge in [-0.2, -0.15) is 0 Å². The zero-order valence-electron chi connectivity index (χ0n) is 8.53. The smallest absolute Gasteiger partial charge is 0.398 e. The number of carbonyl (C=O) groups excluding carboxylic acids is 2. The molecule has 0 N–H and O–H groups in total. The van der Waals surface area contributed by atoms with Crippen molar-refractivity contribution in [3.8, 4) is 24.4 Å². The minimum absolute atomic E-state index is 0.0330. The lowest BCUT2D eigenvalue weighted by molar-refractivity contribution is -0.158. The van der Waals surface area contributed by atoms with E-state index in [4.69, 9.17) is 6.42 Å². The SMILES string of the molecule is C#CCN(CC=C)C(=O)C(=O)OCC#CF. The lowest BCUT2D eigenvalue weighted by Crippen LogP contribution is -2.38. The average Bonchev–Trinajstić information content (AvgIpc) is 2.28. The molecule has 4 nitrogen and oxygen atoms in total. The van der Waals surface area contributed by atoms with E-state index in [2.05, 4.69) is 17.2 Å². The van der Waals surface area contributed by atoms with Gasteiger partial charge in [-0.3, -0.25) is 4.79 Å². The van der Waals surface area contributed by atoms with Gasteiger partial charge in [0.1, 0.15) is 6.17 Å². The summed E-state index contributed by atoms with van der Waals surface area (Å²) in [6, 6.07) is 0. The molecule has 0 saturated heterocycles. The predicted octanol–water partition coefficient (Wildman–Crippen LogP) is 0.108. The Bertz CT molecular complexity index is 373. The highest BCUT2D eigenvalue weighted by atomic mass is 19.1. The van der Waals surface area contributed by atoms with Gasteiger partial charge in [0.15, 0.2) is 6.61 Å². The Hall–Kier alpha value is -2.27. The normalized spacial score (nSPS) is 8.00. The number of esters is 1. The van der Waals surface area contributed by atoms with Gasteiger partial charge in [0.25, 0.3) is 0 Å². The predicted molar refractivity (Wildman–Crippen MR) is 55.5 cm³/mol. The third-order valence-corrected chi connectivity index (χ3v) is 1.44. The fourth-order valence-corrected chi connectivity index (χ4v) is 0.805. The van der Waals surface area contributed by atoms with Gasteiger partial charge < -0.3 is 9.64 Å². The van der Waals surface area contributed by atoms with Crippen LogP contribution in [0.15, 0.2) is 12.7 Å². The molecule has 0 aromatic rings. The minimum Gasteiger partial charge on any atom is -0.445 e. The van der Waals surface area contributed by atoms with E-state index in [0.29, 0.717) is 0 Å². The molecule has 84 valence electrons. The van der Waals surface area contributed by atoms with Crippen LogP contribution in [0.2, 0.25) is 0 Å². The van der Waals surface area contributed by atoms with Crippen molar-refractivity contribution in [3.05, 3.63) is 12.7 Å². The Kier molecular flexibility index (Phi) is 6.93. The Labute approximate surface area is 93.1 Å². The first-order valence-electron chi connectivity index (χ1n) is 4.26. The lowest BCUT2D eigenvalue weighted by atomic mass is 10.4. The van der Waals surface area contributed by atoms with E-state index in [0.717, 1.165) is 11.1 Å². The fraction of sp³-hybridized carbons (Fsp3) is 0.273. The van der Waals surface area contributed by atoms with Gasteiger partial charge in [-0.15, -0.1) is 17.4 Å². The van der Waals surface area contributed by atoms with E-state index >= 15 is 0 Å². The molecule has 0 unspecified atom stereocenters. The van der Waals surface area contributed by atoms with Crippen LogP contribution < -0.4 is 0 Å². The molecular weight excluding hydrogens is 213 g/mol. The molecule has 1 amide bonds. The van der Waals surface area contributed by atoms with Crippen molar-refractivity contribution < 1.29 is 18.7 Å². The van der Waals surface area contributed by atoms with Crippen LogP contribution in [0.5, 0.6) is 0 Å². The number of ether oxygens (including phenoxy) is 1. The van der Waals surface area contributed by atoms with Crippen LogP contribution in [0, 0.1) is 24.4 Å². The molecule has 0 heterocycles. The Morgan fingerprint density at radius 1 is 1.56 bits per heavy atom. The minimum atomic E-state index is -1.13. The Morgan fingerprint density at radius 2 is 2.25 bits per heavy atom. The first kappa shape index (κ1) is 13.7. The molecule has 5 heteroatoms.